The third kappa shape index (κ3) is 9.15. The highest BCUT2D eigenvalue weighted by atomic mass is 16.6. The van der Waals surface area contributed by atoms with Crippen LogP contribution >= 0.6 is 0 Å². The van der Waals surface area contributed by atoms with Crippen LogP contribution in [-0.2, 0) is 33.4 Å². The number of nitrogens with zero attached hydrogens (tertiary/aromatic N) is 2. The van der Waals surface area contributed by atoms with E-state index < -0.39 is 71.3 Å². The Hall–Kier alpha value is -4.32. The maximum absolute atomic E-state index is 13.9. The van der Waals surface area contributed by atoms with Gasteiger partial charge in [-0.25, -0.2) is 10.4 Å². The van der Waals surface area contributed by atoms with Gasteiger partial charge in [-0.15, -0.1) is 0 Å². The molecule has 5 bridgehead atoms. The summed E-state index contributed by atoms with van der Waals surface area (Å²) in [5, 5.41) is 7.68. The van der Waals surface area contributed by atoms with Crippen molar-refractivity contribution in [2.24, 2.45) is 11.3 Å². The third-order valence-corrected chi connectivity index (χ3v) is 8.10. The largest absolute Gasteiger partial charge is 0.460 e. The third-order valence-electron chi connectivity index (χ3n) is 8.10. The van der Waals surface area contributed by atoms with Crippen molar-refractivity contribution in [2.75, 3.05) is 6.54 Å². The van der Waals surface area contributed by atoms with Crippen LogP contribution in [-0.4, -0.2) is 69.9 Å². The number of aromatic nitrogens is 1. The summed E-state index contributed by atoms with van der Waals surface area (Å²) in [5.74, 6) is -3.24. The molecular formula is C35H47N5O7. The molecule has 12 heteroatoms. The number of rotatable bonds is 3. The molecule has 47 heavy (non-hydrogen) atoms. The molecule has 12 nitrogen and oxygen atoms in total. The monoisotopic (exact) mass is 649 g/mol. The Morgan fingerprint density at radius 2 is 1.81 bits per heavy atom. The van der Waals surface area contributed by atoms with Crippen LogP contribution < -0.4 is 16.1 Å². The SMILES string of the molecule is CC(C)C1NC(=O)C(C)(C)/C=C/c2ccc3ccc(nc3c2)[C@@H](C)OC(=O)[C@@H]2CCCN(N2)C(=O)[C@H](CC(=O)OC(C)(C)C)NC1=O. The molecule has 1 aromatic carbocycles. The lowest BCUT2D eigenvalue weighted by molar-refractivity contribution is -0.161. The Labute approximate surface area is 276 Å². The van der Waals surface area contributed by atoms with Crippen molar-refractivity contribution in [1.82, 2.24) is 26.1 Å². The summed E-state index contributed by atoms with van der Waals surface area (Å²) in [4.78, 5) is 72.1. The molecule has 4 atom stereocenters. The highest BCUT2D eigenvalue weighted by Gasteiger charge is 2.38. The number of cyclic esters (lactones) is 1. The number of hydrogen-bond acceptors (Lipinski definition) is 9. The van der Waals surface area contributed by atoms with E-state index >= 15 is 0 Å². The fourth-order valence-corrected chi connectivity index (χ4v) is 5.35. The van der Waals surface area contributed by atoms with Crippen LogP contribution in [0.3, 0.4) is 0 Å². The lowest BCUT2D eigenvalue weighted by atomic mass is 9.89. The molecule has 0 saturated carbocycles. The molecule has 254 valence electrons. The topological polar surface area (TPSA) is 156 Å². The van der Waals surface area contributed by atoms with Crippen molar-refractivity contribution in [1.29, 1.82) is 0 Å². The Balaban J connectivity index is 1.73. The number of carbonyl (C=O) groups is 5. The van der Waals surface area contributed by atoms with Gasteiger partial charge in [0.1, 0.15) is 29.8 Å². The number of amides is 3. The molecular weight excluding hydrogens is 602 g/mol. The van der Waals surface area contributed by atoms with Crippen LogP contribution in [0.1, 0.15) is 92.0 Å². The summed E-state index contributed by atoms with van der Waals surface area (Å²) < 4.78 is 11.3. The maximum Gasteiger partial charge on any atom is 0.325 e. The quantitative estimate of drug-likeness (QED) is 0.422. The summed E-state index contributed by atoms with van der Waals surface area (Å²) >= 11 is 0. The molecule has 1 unspecified atom stereocenters. The minimum absolute atomic E-state index is 0.234. The number of fused-ring (bicyclic) bond motifs is 4. The first kappa shape index (κ1) is 35.5. The van der Waals surface area contributed by atoms with Gasteiger partial charge in [0.05, 0.1) is 23.0 Å². The summed E-state index contributed by atoms with van der Waals surface area (Å²) in [7, 11) is 0. The van der Waals surface area contributed by atoms with E-state index in [0.717, 1.165) is 10.9 Å². The summed E-state index contributed by atoms with van der Waals surface area (Å²) in [6.45, 7) is 14.1. The number of hydrazine groups is 1. The summed E-state index contributed by atoms with van der Waals surface area (Å²) in [5.41, 5.74) is 3.17. The second-order valence-corrected chi connectivity index (χ2v) is 14.2. The first-order valence-corrected chi connectivity index (χ1v) is 16.1. The van der Waals surface area contributed by atoms with Crippen LogP contribution in [0.4, 0.5) is 0 Å². The van der Waals surface area contributed by atoms with Gasteiger partial charge in [0.25, 0.3) is 5.91 Å². The molecule has 1 fully saturated rings. The van der Waals surface area contributed by atoms with E-state index in [1.165, 1.54) is 5.01 Å². The second-order valence-electron chi connectivity index (χ2n) is 14.2. The molecule has 1 aromatic heterocycles. The normalized spacial score (nSPS) is 25.2. The summed E-state index contributed by atoms with van der Waals surface area (Å²) in [6.07, 6.45) is 3.33. The second kappa shape index (κ2) is 14.2. The Bertz CT molecular complexity index is 1560. The van der Waals surface area contributed by atoms with Crippen molar-refractivity contribution in [3.63, 3.8) is 0 Å². The van der Waals surface area contributed by atoms with Gasteiger partial charge in [-0.2, -0.15) is 0 Å². The van der Waals surface area contributed by atoms with Gasteiger partial charge < -0.3 is 20.1 Å². The number of esters is 2. The van der Waals surface area contributed by atoms with Crippen LogP contribution in [0.15, 0.2) is 36.4 Å². The van der Waals surface area contributed by atoms with Crippen molar-refractivity contribution in [3.8, 4) is 0 Å². The maximum atomic E-state index is 13.9. The minimum atomic E-state index is -1.33. The molecule has 4 rings (SSSR count). The van der Waals surface area contributed by atoms with Crippen LogP contribution in [0, 0.1) is 11.3 Å². The number of benzene rings is 1. The molecule has 0 aliphatic carbocycles. The van der Waals surface area contributed by atoms with E-state index in [2.05, 4.69) is 16.1 Å². The van der Waals surface area contributed by atoms with Crippen molar-refractivity contribution in [3.05, 3.63) is 47.7 Å². The lowest BCUT2D eigenvalue weighted by Gasteiger charge is -2.36. The van der Waals surface area contributed by atoms with Crippen molar-refractivity contribution >= 4 is 46.6 Å². The molecule has 1 saturated heterocycles. The first-order chi connectivity index (χ1) is 21.9. The standard InChI is InChI=1S/C35H47N5O7/c1-20(2)29-30(42)37-27(19-28(41)47-34(4,5)6)31(43)40-17-9-10-25(39-40)32(44)46-21(3)24-14-13-23-12-11-22(18-26(23)36-24)15-16-35(7,8)33(45)38-29/h11-16,18,20-21,25,27,29,39H,9-10,17,19H2,1-8H3,(H,37,42)(H,38,45)/b16-15+/t21-,25+,27+,29?/m1/s1. The van der Waals surface area contributed by atoms with E-state index in [-0.39, 0.29) is 12.5 Å². The van der Waals surface area contributed by atoms with E-state index in [0.29, 0.717) is 24.1 Å². The predicted molar refractivity (Wildman–Crippen MR) is 176 cm³/mol. The van der Waals surface area contributed by atoms with Gasteiger partial charge in [0.2, 0.25) is 11.8 Å². The average Bonchev–Trinajstić information content (AvgIpc) is 2.99. The number of carbonyl (C=O) groups excluding carboxylic acids is 5. The lowest BCUT2D eigenvalue weighted by Crippen LogP contribution is -2.62. The Morgan fingerprint density at radius 3 is 2.49 bits per heavy atom. The van der Waals surface area contributed by atoms with Gasteiger partial charge in [0, 0.05) is 11.9 Å². The van der Waals surface area contributed by atoms with E-state index in [4.69, 9.17) is 14.5 Å². The molecule has 3 heterocycles. The zero-order chi connectivity index (χ0) is 34.7. The minimum Gasteiger partial charge on any atom is -0.460 e. The van der Waals surface area contributed by atoms with Gasteiger partial charge in [-0.3, -0.25) is 29.0 Å². The average molecular weight is 650 g/mol. The smallest absolute Gasteiger partial charge is 0.325 e. The molecule has 3 amide bonds. The van der Waals surface area contributed by atoms with Gasteiger partial charge >= 0.3 is 11.9 Å². The predicted octanol–water partition coefficient (Wildman–Crippen LogP) is 3.75. The molecule has 0 radical (unpaired) electrons. The number of ether oxygens (including phenoxy) is 2. The van der Waals surface area contributed by atoms with E-state index in [9.17, 15) is 24.0 Å². The first-order valence-electron chi connectivity index (χ1n) is 16.1. The zero-order valence-electron chi connectivity index (χ0n) is 28.5. The molecule has 0 spiro atoms. The molecule has 2 aliphatic heterocycles. The molecule has 2 aromatic rings. The van der Waals surface area contributed by atoms with E-state index in [1.54, 1.807) is 67.5 Å². The number of pyridine rings is 1. The van der Waals surface area contributed by atoms with Crippen LogP contribution in [0.2, 0.25) is 0 Å². The van der Waals surface area contributed by atoms with Crippen LogP contribution in [0.5, 0.6) is 0 Å². The fraction of sp³-hybridized carbons (Fsp3) is 0.543. The Morgan fingerprint density at radius 1 is 1.11 bits per heavy atom. The van der Waals surface area contributed by atoms with Crippen LogP contribution in [0.25, 0.3) is 17.0 Å². The Kier molecular flexibility index (Phi) is 10.7. The highest BCUT2D eigenvalue weighted by Crippen LogP contribution is 2.25. The van der Waals surface area contributed by atoms with Crippen molar-refractivity contribution < 1.29 is 33.4 Å². The molecule has 2 aliphatic rings. The van der Waals surface area contributed by atoms with E-state index in [1.807, 2.05) is 30.3 Å². The summed E-state index contributed by atoms with van der Waals surface area (Å²) in [6, 6.07) is 6.25. The van der Waals surface area contributed by atoms with Gasteiger partial charge in [-0.05, 0) is 78.0 Å². The van der Waals surface area contributed by atoms with Crippen molar-refractivity contribution in [2.45, 2.75) is 104 Å². The van der Waals surface area contributed by atoms with Gasteiger partial charge in [0.15, 0.2) is 0 Å². The number of nitrogens with one attached hydrogen (secondary N) is 3. The highest BCUT2D eigenvalue weighted by molar-refractivity contribution is 5.95. The molecule has 3 N–H and O–H groups in total. The van der Waals surface area contributed by atoms with Gasteiger partial charge in [-0.1, -0.05) is 44.2 Å². The zero-order valence-corrected chi connectivity index (χ0v) is 28.5. The number of hydrogen-bond donors (Lipinski definition) is 3. The fourth-order valence-electron chi connectivity index (χ4n) is 5.35.